The lowest BCUT2D eigenvalue weighted by Gasteiger charge is -2.35. The van der Waals surface area contributed by atoms with Crippen LogP contribution in [0.15, 0.2) is 48.5 Å². The standard InChI is InChI=1S/C24H28N2O3/c1-25-20-7-3-2-6-19(20)23(24(25)27)17-10-13-26(14-11-17)15-12-18-16-28-21-8-4-5-9-22(21)29-18/h2-9,17-18,23H,10-16H2,1H3. The number of fused-ring (bicyclic) bond motifs is 2. The Hall–Kier alpha value is -2.53. The van der Waals surface area contributed by atoms with E-state index in [0.29, 0.717) is 12.5 Å². The second-order valence-electron chi connectivity index (χ2n) is 8.40. The Balaban J connectivity index is 1.15. The van der Waals surface area contributed by atoms with Gasteiger partial charge in [-0.05, 0) is 55.6 Å². The van der Waals surface area contributed by atoms with E-state index in [9.17, 15) is 4.79 Å². The van der Waals surface area contributed by atoms with Crippen LogP contribution in [0.25, 0.3) is 0 Å². The van der Waals surface area contributed by atoms with Gasteiger partial charge in [0.15, 0.2) is 11.5 Å². The average Bonchev–Trinajstić information content (AvgIpc) is 3.03. The van der Waals surface area contributed by atoms with Gasteiger partial charge in [0.1, 0.15) is 12.7 Å². The number of carbonyl (C=O) groups is 1. The molecule has 3 aliphatic rings. The molecule has 5 nitrogen and oxygen atoms in total. The van der Waals surface area contributed by atoms with E-state index in [4.69, 9.17) is 9.47 Å². The first kappa shape index (κ1) is 18.5. The van der Waals surface area contributed by atoms with Crippen LogP contribution in [0.4, 0.5) is 5.69 Å². The van der Waals surface area contributed by atoms with Gasteiger partial charge in [0, 0.05) is 25.7 Å². The maximum Gasteiger partial charge on any atom is 0.234 e. The summed E-state index contributed by atoms with van der Waals surface area (Å²) < 4.78 is 11.9. The Bertz CT molecular complexity index is 891. The molecule has 2 aromatic carbocycles. The van der Waals surface area contributed by atoms with Crippen molar-refractivity contribution in [2.75, 3.05) is 38.2 Å². The van der Waals surface area contributed by atoms with Crippen LogP contribution in [0, 0.1) is 5.92 Å². The molecule has 29 heavy (non-hydrogen) atoms. The number of para-hydroxylation sites is 3. The van der Waals surface area contributed by atoms with Gasteiger partial charge in [0.25, 0.3) is 0 Å². The zero-order valence-corrected chi connectivity index (χ0v) is 16.9. The topological polar surface area (TPSA) is 42.0 Å². The Morgan fingerprint density at radius 3 is 2.55 bits per heavy atom. The molecule has 1 saturated heterocycles. The minimum Gasteiger partial charge on any atom is -0.486 e. The highest BCUT2D eigenvalue weighted by molar-refractivity contribution is 6.04. The van der Waals surface area contributed by atoms with E-state index in [0.717, 1.165) is 56.1 Å². The van der Waals surface area contributed by atoms with Crippen LogP contribution in [-0.4, -0.2) is 50.2 Å². The van der Waals surface area contributed by atoms with Crippen molar-refractivity contribution in [1.82, 2.24) is 4.90 Å². The van der Waals surface area contributed by atoms with Crippen molar-refractivity contribution in [2.24, 2.45) is 5.92 Å². The Kier molecular flexibility index (Phi) is 4.92. The van der Waals surface area contributed by atoms with Gasteiger partial charge < -0.3 is 19.3 Å². The van der Waals surface area contributed by atoms with Crippen LogP contribution in [0.2, 0.25) is 0 Å². The van der Waals surface area contributed by atoms with Crippen molar-refractivity contribution in [3.63, 3.8) is 0 Å². The van der Waals surface area contributed by atoms with E-state index in [1.54, 1.807) is 0 Å². The van der Waals surface area contributed by atoms with Gasteiger partial charge >= 0.3 is 0 Å². The molecule has 2 aromatic rings. The first-order valence-electron chi connectivity index (χ1n) is 10.7. The number of amides is 1. The number of carbonyl (C=O) groups excluding carboxylic acids is 1. The minimum atomic E-state index is 0.0323. The summed E-state index contributed by atoms with van der Waals surface area (Å²) in [7, 11) is 1.90. The SMILES string of the molecule is CN1C(=O)C(C2CCN(CCC3COc4ccccc4O3)CC2)c2ccccc21. The molecule has 0 aromatic heterocycles. The van der Waals surface area contributed by atoms with Gasteiger partial charge in [-0.25, -0.2) is 0 Å². The average molecular weight is 392 g/mol. The fourth-order valence-electron chi connectivity index (χ4n) is 5.01. The second kappa shape index (κ2) is 7.71. The highest BCUT2D eigenvalue weighted by Crippen LogP contribution is 2.43. The fraction of sp³-hybridized carbons (Fsp3) is 0.458. The van der Waals surface area contributed by atoms with Crippen molar-refractivity contribution in [2.45, 2.75) is 31.3 Å². The number of anilines is 1. The van der Waals surface area contributed by atoms with Crippen LogP contribution in [0.3, 0.4) is 0 Å². The summed E-state index contributed by atoms with van der Waals surface area (Å²) in [6, 6.07) is 16.1. The van der Waals surface area contributed by atoms with Gasteiger partial charge in [-0.3, -0.25) is 4.79 Å². The van der Waals surface area contributed by atoms with Gasteiger partial charge in [0.2, 0.25) is 5.91 Å². The van der Waals surface area contributed by atoms with Crippen molar-refractivity contribution < 1.29 is 14.3 Å². The number of nitrogens with zero attached hydrogens (tertiary/aromatic N) is 2. The lowest BCUT2D eigenvalue weighted by molar-refractivity contribution is -0.120. The number of ether oxygens (including phenoxy) is 2. The Morgan fingerprint density at radius 1 is 1.00 bits per heavy atom. The van der Waals surface area contributed by atoms with E-state index in [-0.39, 0.29) is 17.9 Å². The smallest absolute Gasteiger partial charge is 0.234 e. The number of hydrogen-bond donors (Lipinski definition) is 0. The van der Waals surface area contributed by atoms with Crippen LogP contribution in [0.5, 0.6) is 11.5 Å². The lowest BCUT2D eigenvalue weighted by Crippen LogP contribution is -2.40. The number of hydrogen-bond acceptors (Lipinski definition) is 4. The van der Waals surface area contributed by atoms with Crippen LogP contribution < -0.4 is 14.4 Å². The zero-order chi connectivity index (χ0) is 19.8. The van der Waals surface area contributed by atoms with Gasteiger partial charge in [0.05, 0.1) is 5.92 Å². The van der Waals surface area contributed by atoms with E-state index >= 15 is 0 Å². The maximum absolute atomic E-state index is 12.9. The molecule has 0 bridgehead atoms. The summed E-state index contributed by atoms with van der Waals surface area (Å²) >= 11 is 0. The molecule has 5 rings (SSSR count). The predicted molar refractivity (Wildman–Crippen MR) is 113 cm³/mol. The van der Waals surface area contributed by atoms with Gasteiger partial charge in [-0.2, -0.15) is 0 Å². The Labute approximate surface area is 172 Å². The van der Waals surface area contributed by atoms with E-state index in [1.807, 2.05) is 42.3 Å². The molecule has 0 spiro atoms. The van der Waals surface area contributed by atoms with Crippen LogP contribution in [-0.2, 0) is 4.79 Å². The summed E-state index contributed by atoms with van der Waals surface area (Å²) in [5.74, 6) is 2.42. The monoisotopic (exact) mass is 392 g/mol. The van der Waals surface area contributed by atoms with Crippen LogP contribution >= 0.6 is 0 Å². The molecule has 0 saturated carbocycles. The number of piperidine rings is 1. The summed E-state index contributed by atoms with van der Waals surface area (Å²) in [6.45, 7) is 3.72. The first-order chi connectivity index (χ1) is 14.2. The highest BCUT2D eigenvalue weighted by Gasteiger charge is 2.41. The summed E-state index contributed by atoms with van der Waals surface area (Å²) in [4.78, 5) is 17.2. The largest absolute Gasteiger partial charge is 0.486 e. The molecule has 0 radical (unpaired) electrons. The third-order valence-electron chi connectivity index (χ3n) is 6.67. The maximum atomic E-state index is 12.9. The number of rotatable bonds is 4. The molecule has 5 heteroatoms. The molecule has 2 unspecified atom stereocenters. The molecule has 1 amide bonds. The van der Waals surface area contributed by atoms with E-state index in [2.05, 4.69) is 23.1 Å². The molecular formula is C24H28N2O3. The number of likely N-dealkylation sites (tertiary alicyclic amines) is 1. The number of likely N-dealkylation sites (N-methyl/N-ethyl adjacent to an activating group) is 1. The van der Waals surface area contributed by atoms with Gasteiger partial charge in [-0.1, -0.05) is 30.3 Å². The predicted octanol–water partition coefficient (Wildman–Crippen LogP) is 3.69. The first-order valence-corrected chi connectivity index (χ1v) is 10.7. The third kappa shape index (κ3) is 3.48. The Morgan fingerprint density at radius 2 is 1.72 bits per heavy atom. The van der Waals surface area contributed by atoms with Crippen molar-refractivity contribution in [3.8, 4) is 11.5 Å². The molecule has 1 fully saturated rings. The van der Waals surface area contributed by atoms with Crippen LogP contribution in [0.1, 0.15) is 30.7 Å². The second-order valence-corrected chi connectivity index (χ2v) is 8.40. The molecule has 3 aliphatic heterocycles. The summed E-state index contributed by atoms with van der Waals surface area (Å²) in [5, 5.41) is 0. The zero-order valence-electron chi connectivity index (χ0n) is 16.9. The quantitative estimate of drug-likeness (QED) is 0.796. The van der Waals surface area contributed by atoms with Crippen molar-refractivity contribution in [3.05, 3.63) is 54.1 Å². The number of benzene rings is 2. The molecule has 3 heterocycles. The molecule has 2 atom stereocenters. The van der Waals surface area contributed by atoms with Gasteiger partial charge in [-0.15, -0.1) is 0 Å². The molecule has 0 aliphatic carbocycles. The van der Waals surface area contributed by atoms with E-state index in [1.165, 1.54) is 5.56 Å². The summed E-state index contributed by atoms with van der Waals surface area (Å²) in [5.41, 5.74) is 2.30. The molecule has 152 valence electrons. The highest BCUT2D eigenvalue weighted by atomic mass is 16.6. The van der Waals surface area contributed by atoms with Crippen molar-refractivity contribution in [1.29, 1.82) is 0 Å². The lowest BCUT2D eigenvalue weighted by atomic mass is 9.80. The van der Waals surface area contributed by atoms with Crippen molar-refractivity contribution >= 4 is 11.6 Å². The third-order valence-corrected chi connectivity index (χ3v) is 6.67. The fourth-order valence-corrected chi connectivity index (χ4v) is 5.01. The summed E-state index contributed by atoms with van der Waals surface area (Å²) in [6.07, 6.45) is 3.22. The minimum absolute atomic E-state index is 0.0323. The van der Waals surface area contributed by atoms with E-state index < -0.39 is 0 Å². The normalized spacial score (nSPS) is 24.6. The molecule has 0 N–H and O–H groups in total. The molecular weight excluding hydrogens is 364 g/mol.